The molecule has 21 heavy (non-hydrogen) atoms. The van der Waals surface area contributed by atoms with Gasteiger partial charge in [0.05, 0.1) is 18.4 Å². The highest BCUT2D eigenvalue weighted by molar-refractivity contribution is 5.63. The molecule has 1 saturated carbocycles. The summed E-state index contributed by atoms with van der Waals surface area (Å²) in [6.45, 7) is 3.44. The molecule has 0 unspecified atom stereocenters. The molecular weight excluding hydrogens is 266 g/mol. The first-order chi connectivity index (χ1) is 10.1. The summed E-state index contributed by atoms with van der Waals surface area (Å²) < 4.78 is 5.17. The quantitative estimate of drug-likeness (QED) is 0.920. The Bertz CT molecular complexity index is 579. The Morgan fingerprint density at radius 1 is 1.52 bits per heavy atom. The van der Waals surface area contributed by atoms with Crippen LogP contribution in [0.15, 0.2) is 12.3 Å². The van der Waals surface area contributed by atoms with E-state index in [0.717, 1.165) is 25.1 Å². The number of aliphatic hydroxyl groups is 1. The van der Waals surface area contributed by atoms with Crippen molar-refractivity contribution in [1.29, 1.82) is 5.26 Å². The Kier molecular flexibility index (Phi) is 3.50. The average Bonchev–Trinajstić information content (AvgIpc) is 2.72. The lowest BCUT2D eigenvalue weighted by Gasteiger charge is -2.41. The fourth-order valence-electron chi connectivity index (χ4n) is 3.59. The smallest absolute Gasteiger partial charge is 0.233 e. The summed E-state index contributed by atoms with van der Waals surface area (Å²) in [5, 5.41) is 20.4. The van der Waals surface area contributed by atoms with Crippen molar-refractivity contribution < 1.29 is 9.84 Å². The van der Waals surface area contributed by atoms with Gasteiger partial charge in [-0.3, -0.25) is 0 Å². The number of rotatable bonds is 3. The van der Waals surface area contributed by atoms with E-state index in [-0.39, 0.29) is 5.92 Å². The van der Waals surface area contributed by atoms with Crippen LogP contribution in [0.5, 0.6) is 5.88 Å². The second-order valence-electron chi connectivity index (χ2n) is 6.23. The lowest BCUT2D eigenvalue weighted by atomic mass is 9.69. The van der Waals surface area contributed by atoms with Crippen molar-refractivity contribution in [3.05, 3.63) is 17.8 Å². The largest absolute Gasteiger partial charge is 0.480 e. The first kappa shape index (κ1) is 14.2. The zero-order valence-corrected chi connectivity index (χ0v) is 12.5. The lowest BCUT2D eigenvalue weighted by molar-refractivity contribution is -0.0615. The Morgan fingerprint density at radius 2 is 2.29 bits per heavy atom. The fourth-order valence-corrected chi connectivity index (χ4v) is 3.59. The Labute approximate surface area is 125 Å². The number of nitriles is 1. The van der Waals surface area contributed by atoms with Crippen molar-refractivity contribution in [3.8, 4) is 11.9 Å². The Balaban J connectivity index is 1.91. The number of hydrogen-bond acceptors (Lipinski definition) is 5. The highest BCUT2D eigenvalue weighted by Crippen LogP contribution is 2.45. The Hall–Kier alpha value is -1.80. The standard InChI is InChI=1S/C16H21N3O2/c1-11-9-19(10-16(11,20)12-4-3-5-12)14-6-7-18-15(21-2)13(14)8-17/h6-7,11-12,20H,3-5,9-10H2,1-2H3/t11-,16+/m1/s1. The molecular formula is C16H21N3O2. The highest BCUT2D eigenvalue weighted by atomic mass is 16.5. The highest BCUT2D eigenvalue weighted by Gasteiger charge is 2.50. The minimum Gasteiger partial charge on any atom is -0.480 e. The summed E-state index contributed by atoms with van der Waals surface area (Å²) in [7, 11) is 1.52. The van der Waals surface area contributed by atoms with Gasteiger partial charge in [0.25, 0.3) is 0 Å². The van der Waals surface area contributed by atoms with Crippen LogP contribution in [0, 0.1) is 23.2 Å². The van der Waals surface area contributed by atoms with Crippen LogP contribution < -0.4 is 9.64 Å². The SMILES string of the molecule is COc1nccc(N2C[C@@H](C)[C@](O)(C3CCC3)C2)c1C#N. The monoisotopic (exact) mass is 287 g/mol. The van der Waals surface area contributed by atoms with Crippen molar-refractivity contribution in [2.24, 2.45) is 11.8 Å². The van der Waals surface area contributed by atoms with Crippen LogP contribution in [0.1, 0.15) is 31.7 Å². The zero-order chi connectivity index (χ0) is 15.0. The molecule has 1 aliphatic carbocycles. The van der Waals surface area contributed by atoms with E-state index in [4.69, 9.17) is 4.74 Å². The van der Waals surface area contributed by atoms with Gasteiger partial charge in [-0.1, -0.05) is 13.3 Å². The molecule has 3 rings (SSSR count). The maximum Gasteiger partial charge on any atom is 0.233 e. The van der Waals surface area contributed by atoms with Gasteiger partial charge in [0.2, 0.25) is 5.88 Å². The number of hydrogen-bond donors (Lipinski definition) is 1. The van der Waals surface area contributed by atoms with Gasteiger partial charge in [-0.2, -0.15) is 5.26 Å². The summed E-state index contributed by atoms with van der Waals surface area (Å²) in [6.07, 6.45) is 5.09. The number of ether oxygens (including phenoxy) is 1. The molecule has 0 radical (unpaired) electrons. The van der Waals surface area contributed by atoms with Gasteiger partial charge < -0.3 is 14.7 Å². The van der Waals surface area contributed by atoms with Crippen LogP contribution in [-0.4, -0.2) is 35.9 Å². The van der Waals surface area contributed by atoms with Crippen LogP contribution in [0.2, 0.25) is 0 Å². The molecule has 0 amide bonds. The number of aromatic nitrogens is 1. The molecule has 2 heterocycles. The van der Waals surface area contributed by atoms with E-state index >= 15 is 0 Å². The second-order valence-corrected chi connectivity index (χ2v) is 6.23. The predicted octanol–water partition coefficient (Wildman–Crippen LogP) is 1.95. The van der Waals surface area contributed by atoms with Crippen LogP contribution >= 0.6 is 0 Å². The maximum atomic E-state index is 11.0. The van der Waals surface area contributed by atoms with E-state index in [2.05, 4.69) is 22.9 Å². The van der Waals surface area contributed by atoms with Gasteiger partial charge in [0.15, 0.2) is 0 Å². The number of methoxy groups -OCH3 is 1. The van der Waals surface area contributed by atoms with Crippen LogP contribution in [-0.2, 0) is 0 Å². The number of anilines is 1. The fraction of sp³-hybridized carbons (Fsp3) is 0.625. The van der Waals surface area contributed by atoms with Crippen LogP contribution in [0.4, 0.5) is 5.69 Å². The normalized spacial score (nSPS) is 29.0. The molecule has 2 aliphatic rings. The predicted molar refractivity (Wildman–Crippen MR) is 79.2 cm³/mol. The third kappa shape index (κ3) is 2.14. The summed E-state index contributed by atoms with van der Waals surface area (Å²) in [4.78, 5) is 6.19. The van der Waals surface area contributed by atoms with Gasteiger partial charge in [-0.05, 0) is 24.8 Å². The van der Waals surface area contributed by atoms with E-state index in [1.807, 2.05) is 6.07 Å². The van der Waals surface area contributed by atoms with Gasteiger partial charge >= 0.3 is 0 Å². The molecule has 2 fully saturated rings. The summed E-state index contributed by atoms with van der Waals surface area (Å²) in [5.41, 5.74) is 0.623. The van der Waals surface area contributed by atoms with Gasteiger partial charge in [0.1, 0.15) is 11.6 Å². The molecule has 5 heteroatoms. The minimum absolute atomic E-state index is 0.202. The molecule has 2 atom stereocenters. The van der Waals surface area contributed by atoms with Gasteiger partial charge in [-0.15, -0.1) is 0 Å². The molecule has 1 N–H and O–H groups in total. The number of β-amino-alcohol motifs (C(OH)–C–C–N with tert-alkyl or cyclic N) is 1. The van der Waals surface area contributed by atoms with E-state index in [0.29, 0.717) is 23.9 Å². The van der Waals surface area contributed by atoms with Gasteiger partial charge in [0, 0.05) is 25.2 Å². The lowest BCUT2D eigenvalue weighted by Crippen LogP contribution is -2.47. The van der Waals surface area contributed by atoms with Crippen LogP contribution in [0.25, 0.3) is 0 Å². The number of nitrogens with zero attached hydrogens (tertiary/aromatic N) is 3. The topological polar surface area (TPSA) is 69.4 Å². The molecule has 112 valence electrons. The minimum atomic E-state index is -0.637. The summed E-state index contributed by atoms with van der Waals surface area (Å²) in [6, 6.07) is 4.01. The molecule has 1 aromatic rings. The van der Waals surface area contributed by atoms with Crippen molar-refractivity contribution in [2.75, 3.05) is 25.1 Å². The van der Waals surface area contributed by atoms with E-state index in [1.165, 1.54) is 13.5 Å². The van der Waals surface area contributed by atoms with E-state index < -0.39 is 5.60 Å². The molecule has 1 aliphatic heterocycles. The Morgan fingerprint density at radius 3 is 2.86 bits per heavy atom. The van der Waals surface area contributed by atoms with Crippen molar-refractivity contribution in [1.82, 2.24) is 4.98 Å². The first-order valence-electron chi connectivity index (χ1n) is 7.50. The summed E-state index contributed by atoms with van der Waals surface area (Å²) >= 11 is 0. The third-order valence-corrected chi connectivity index (χ3v) is 5.14. The molecule has 0 aromatic carbocycles. The molecule has 1 aromatic heterocycles. The van der Waals surface area contributed by atoms with Crippen molar-refractivity contribution >= 4 is 5.69 Å². The maximum absolute atomic E-state index is 11.0. The molecule has 0 bridgehead atoms. The van der Waals surface area contributed by atoms with Gasteiger partial charge in [-0.25, -0.2) is 4.98 Å². The number of pyridine rings is 1. The van der Waals surface area contributed by atoms with Crippen molar-refractivity contribution in [2.45, 2.75) is 31.8 Å². The zero-order valence-electron chi connectivity index (χ0n) is 12.5. The van der Waals surface area contributed by atoms with Crippen LogP contribution in [0.3, 0.4) is 0 Å². The summed E-state index contributed by atoms with van der Waals surface area (Å²) in [5.74, 6) is 0.946. The van der Waals surface area contributed by atoms with E-state index in [1.54, 1.807) is 6.20 Å². The van der Waals surface area contributed by atoms with E-state index in [9.17, 15) is 10.4 Å². The molecule has 5 nitrogen and oxygen atoms in total. The molecule has 1 saturated heterocycles. The molecule has 0 spiro atoms. The second kappa shape index (κ2) is 5.19. The third-order valence-electron chi connectivity index (χ3n) is 5.14. The van der Waals surface area contributed by atoms with Crippen molar-refractivity contribution in [3.63, 3.8) is 0 Å². The first-order valence-corrected chi connectivity index (χ1v) is 7.50. The average molecular weight is 287 g/mol.